The fourth-order valence-corrected chi connectivity index (χ4v) is 21.2. The third-order valence-electron chi connectivity index (χ3n) is 26.2. The monoisotopic (exact) mass is 1420 g/mol. The van der Waals surface area contributed by atoms with Gasteiger partial charge in [-0.2, -0.15) is 0 Å². The summed E-state index contributed by atoms with van der Waals surface area (Å²) in [6.07, 6.45) is 0. The van der Waals surface area contributed by atoms with Gasteiger partial charge in [0.15, 0.2) is 0 Å². The van der Waals surface area contributed by atoms with Gasteiger partial charge in [-0.3, -0.25) is 0 Å². The summed E-state index contributed by atoms with van der Waals surface area (Å²) in [6.45, 7) is 0.834. The van der Waals surface area contributed by atoms with E-state index in [4.69, 9.17) is 0 Å². The van der Waals surface area contributed by atoms with Crippen molar-refractivity contribution in [1.29, 1.82) is 0 Å². The molecule has 0 N–H and O–H groups in total. The number of benzene rings is 17. The second kappa shape index (κ2) is 23.5. The van der Waals surface area contributed by atoms with Crippen molar-refractivity contribution in [3.63, 3.8) is 0 Å². The van der Waals surface area contributed by atoms with Crippen LogP contribution in [0.1, 0.15) is 50.1 Å². The van der Waals surface area contributed by atoms with Crippen LogP contribution >= 0.6 is 0 Å². The van der Waals surface area contributed by atoms with E-state index in [9.17, 15) is 0 Å². The predicted octanol–water partition coefficient (Wildman–Crippen LogP) is 26.8. The van der Waals surface area contributed by atoms with Gasteiger partial charge in [-0.15, -0.1) is 0 Å². The number of hydrogen-bond acceptors (Lipinski definition) is 0. The van der Waals surface area contributed by atoms with Crippen LogP contribution in [-0.2, 0) is 38.5 Å². The van der Waals surface area contributed by atoms with E-state index in [1.165, 1.54) is 226 Å². The SMILES string of the molecule is Cn1c2ccccc2c2cc(-c3ccc4c(c3)C3(c5ccccc5-c5ccccc53)c3cc(-c5ccc6c(c5)c5ccccc5n6C)ccc3-4)ccc21.Cn1c2ccccc2c2cc(-c3ccc4c(c3)C3(c5ccccc5-c5ccccc53)c3cc(-c5ccc6c(c5)c5ccccc5n6Cc5ccccc5)ccc3-4)ccc21. The van der Waals surface area contributed by atoms with Gasteiger partial charge in [0.25, 0.3) is 0 Å². The minimum Gasteiger partial charge on any atom is -0.344 e. The number of nitrogens with zero attached hydrogens (tertiary/aromatic N) is 4. The van der Waals surface area contributed by atoms with Gasteiger partial charge in [0.05, 0.1) is 10.8 Å². The molecule has 17 aromatic carbocycles. The minimum absolute atomic E-state index is 0.434. The van der Waals surface area contributed by atoms with Gasteiger partial charge in [-0.25, -0.2) is 0 Å². The maximum Gasteiger partial charge on any atom is 0.0725 e. The highest BCUT2D eigenvalue weighted by molar-refractivity contribution is 6.14. The summed E-state index contributed by atoms with van der Waals surface area (Å²) in [5.74, 6) is 0. The molecule has 112 heavy (non-hydrogen) atoms. The van der Waals surface area contributed by atoms with Crippen LogP contribution in [0.15, 0.2) is 370 Å². The van der Waals surface area contributed by atoms with Crippen molar-refractivity contribution in [2.45, 2.75) is 17.4 Å². The average Bonchev–Trinajstić information content (AvgIpc) is 1.51. The van der Waals surface area contributed by atoms with Crippen molar-refractivity contribution in [2.75, 3.05) is 0 Å². The molecule has 4 heteroatoms. The molecular weight excluding hydrogens is 1350 g/mol. The average molecular weight is 1430 g/mol. The van der Waals surface area contributed by atoms with E-state index in [1.807, 2.05) is 0 Å². The lowest BCUT2D eigenvalue weighted by Gasteiger charge is -2.31. The summed E-state index contributed by atoms with van der Waals surface area (Å²) in [5, 5.41) is 10.3. The predicted molar refractivity (Wildman–Crippen MR) is 468 cm³/mol. The van der Waals surface area contributed by atoms with E-state index < -0.39 is 10.8 Å². The highest BCUT2D eigenvalue weighted by Crippen LogP contribution is 2.66. The van der Waals surface area contributed by atoms with Gasteiger partial charge in [-0.1, -0.05) is 273 Å². The van der Waals surface area contributed by atoms with Crippen LogP contribution in [0.2, 0.25) is 0 Å². The molecule has 0 unspecified atom stereocenters. The van der Waals surface area contributed by atoms with E-state index in [0.29, 0.717) is 0 Å². The Morgan fingerprint density at radius 3 is 0.741 bits per heavy atom. The molecule has 0 bridgehead atoms. The molecule has 0 saturated heterocycles. The van der Waals surface area contributed by atoms with Crippen molar-refractivity contribution in [3.05, 3.63) is 420 Å². The van der Waals surface area contributed by atoms with Crippen LogP contribution in [-0.4, -0.2) is 18.3 Å². The number of aryl methyl sites for hydroxylation is 3. The molecule has 25 rings (SSSR count). The van der Waals surface area contributed by atoms with E-state index in [2.05, 4.69) is 409 Å². The van der Waals surface area contributed by atoms with Crippen molar-refractivity contribution >= 4 is 87.2 Å². The van der Waals surface area contributed by atoms with Crippen LogP contribution < -0.4 is 0 Å². The molecule has 2 spiro atoms. The van der Waals surface area contributed by atoms with Crippen molar-refractivity contribution in [1.82, 2.24) is 18.3 Å². The molecule has 0 amide bonds. The van der Waals surface area contributed by atoms with Crippen molar-refractivity contribution in [3.8, 4) is 89.0 Å². The molecule has 524 valence electrons. The van der Waals surface area contributed by atoms with E-state index in [0.717, 1.165) is 6.54 Å². The molecule has 0 aliphatic heterocycles. The second-order valence-electron chi connectivity index (χ2n) is 31.5. The van der Waals surface area contributed by atoms with Crippen molar-refractivity contribution in [2.24, 2.45) is 21.1 Å². The summed E-state index contributed by atoms with van der Waals surface area (Å²) >= 11 is 0. The topological polar surface area (TPSA) is 19.7 Å². The number of fused-ring (bicyclic) bond motifs is 32. The van der Waals surface area contributed by atoms with E-state index in [-0.39, 0.29) is 0 Å². The van der Waals surface area contributed by atoms with Crippen molar-refractivity contribution < 1.29 is 0 Å². The first-order chi connectivity index (χ1) is 55.3. The quantitative estimate of drug-likeness (QED) is 0.158. The van der Waals surface area contributed by atoms with E-state index in [1.54, 1.807) is 0 Å². The lowest BCUT2D eigenvalue weighted by Crippen LogP contribution is -2.26. The van der Waals surface area contributed by atoms with Gasteiger partial charge in [0.1, 0.15) is 0 Å². The van der Waals surface area contributed by atoms with Crippen LogP contribution in [0.4, 0.5) is 0 Å². The number of rotatable bonds is 6. The Labute approximate surface area is 648 Å². The van der Waals surface area contributed by atoms with Gasteiger partial charge in [0, 0.05) is 115 Å². The summed E-state index contributed by atoms with van der Waals surface area (Å²) in [7, 11) is 6.51. The first-order valence-electron chi connectivity index (χ1n) is 39.2. The number of aromatic nitrogens is 4. The molecule has 4 nitrogen and oxygen atoms in total. The zero-order valence-corrected chi connectivity index (χ0v) is 62.2. The minimum atomic E-state index is -0.455. The first kappa shape index (κ1) is 62.9. The number of para-hydroxylation sites is 4. The maximum atomic E-state index is 2.51. The van der Waals surface area contributed by atoms with E-state index >= 15 is 0 Å². The smallest absolute Gasteiger partial charge is 0.0725 e. The zero-order valence-electron chi connectivity index (χ0n) is 62.2. The summed E-state index contributed by atoms with van der Waals surface area (Å²) < 4.78 is 9.41. The van der Waals surface area contributed by atoms with Gasteiger partial charge >= 0.3 is 0 Å². The molecule has 0 radical (unpaired) electrons. The summed E-state index contributed by atoms with van der Waals surface area (Å²) in [4.78, 5) is 0. The fourth-order valence-electron chi connectivity index (χ4n) is 21.2. The highest BCUT2D eigenvalue weighted by atomic mass is 15.0. The van der Waals surface area contributed by atoms with Gasteiger partial charge < -0.3 is 18.3 Å². The second-order valence-corrected chi connectivity index (χ2v) is 31.5. The Hall–Kier alpha value is -14.1. The fraction of sp³-hybridized carbons (Fsp3) is 0.0556. The van der Waals surface area contributed by atoms with Crippen LogP contribution in [0, 0.1) is 0 Å². The Morgan fingerprint density at radius 1 is 0.179 bits per heavy atom. The van der Waals surface area contributed by atoms with Crippen LogP contribution in [0.25, 0.3) is 176 Å². The summed E-state index contributed by atoms with van der Waals surface area (Å²) in [6, 6.07) is 139. The Balaban J connectivity index is 0.000000131. The lowest BCUT2D eigenvalue weighted by atomic mass is 9.70. The van der Waals surface area contributed by atoms with Gasteiger partial charge in [-0.05, 0) is 236 Å². The summed E-state index contributed by atoms with van der Waals surface area (Å²) in [5.41, 5.74) is 41.9. The number of hydrogen-bond donors (Lipinski definition) is 0. The molecule has 0 fully saturated rings. The molecule has 4 heterocycles. The molecular formula is C108H72N4. The first-order valence-corrected chi connectivity index (χ1v) is 39.2. The highest BCUT2D eigenvalue weighted by Gasteiger charge is 2.53. The standard InChI is InChI=1S/C57H38N2.C51H34N2/c1-58-53-21-11-7-17-45(53)47-31-37(25-29-54(47)58)39-23-27-43-44-28-24-40(34-52(44)57(51(43)33-39)49-19-9-5-15-41(49)42-16-6-10-20-50(42)57)38-26-30-56-48(32-38)46-18-8-12-22-55(46)59(56)35-36-13-3-2-4-14-36;1-52-47-17-9-5-13-39(47)41-27-31(21-25-49(41)52)33-19-23-37-38-24-20-34(32-22-26-50-42(28-32)40-14-6-10-18-48(40)53(50)2)30-46(38)51(45(37)29-33)43-15-7-3-11-35(43)36-12-4-8-16-44(36)51/h2-34H,35H2,1H3;3-30H,1-2H3. The Kier molecular flexibility index (Phi) is 13.2. The molecule has 0 saturated carbocycles. The molecule has 21 aromatic rings. The third-order valence-corrected chi connectivity index (χ3v) is 26.2. The molecule has 4 aromatic heterocycles. The molecule has 4 aliphatic carbocycles. The van der Waals surface area contributed by atoms with Crippen LogP contribution in [0.5, 0.6) is 0 Å². The zero-order chi connectivity index (χ0) is 73.8. The third kappa shape index (κ3) is 8.55. The lowest BCUT2D eigenvalue weighted by molar-refractivity contribution is 0.794. The normalized spacial score (nSPS) is 13.5. The Morgan fingerprint density at radius 2 is 0.402 bits per heavy atom. The Bertz CT molecular complexity index is 7390. The molecule has 0 atom stereocenters. The molecule has 4 aliphatic rings. The largest absolute Gasteiger partial charge is 0.344 e. The van der Waals surface area contributed by atoms with Crippen LogP contribution in [0.3, 0.4) is 0 Å². The van der Waals surface area contributed by atoms with Gasteiger partial charge in [0.2, 0.25) is 0 Å². The maximum absolute atomic E-state index is 2.51.